The number of carbonyl (C=O) groups is 4. The van der Waals surface area contributed by atoms with Crippen molar-refractivity contribution in [1.82, 2.24) is 5.32 Å². The van der Waals surface area contributed by atoms with Crippen molar-refractivity contribution >= 4 is 23.3 Å². The molecule has 6 atom stereocenters. The fourth-order valence-corrected chi connectivity index (χ4v) is 7.29. The van der Waals surface area contributed by atoms with Crippen LogP contribution in [0.25, 0.3) is 0 Å². The van der Waals surface area contributed by atoms with Gasteiger partial charge in [-0.2, -0.15) is 0 Å². The topological polar surface area (TPSA) is 189 Å². The van der Waals surface area contributed by atoms with E-state index in [0.717, 1.165) is 25.7 Å². The molecule has 12 heteroatoms. The molecule has 2 aromatic rings. The summed E-state index contributed by atoms with van der Waals surface area (Å²) in [7, 11) is 1.34. The van der Waals surface area contributed by atoms with Crippen LogP contribution >= 0.6 is 0 Å². The SMILES string of the molecule is CCCCCCCCCC(=O)N[C@H]1C[C@H](O[C@H]2C[C@](O)(C(C)=O)Cc3c(O)c4c(c(O)c32)C(=O)c2c(OC)cccc2C4=O)O[C@@H](C)[C@H]1O. The number of methoxy groups -OCH3 is 1. The van der Waals surface area contributed by atoms with Gasteiger partial charge in [-0.15, -0.1) is 0 Å². The van der Waals surface area contributed by atoms with E-state index in [9.17, 15) is 39.6 Å². The van der Waals surface area contributed by atoms with Crippen LogP contribution in [0.4, 0.5) is 0 Å². The van der Waals surface area contributed by atoms with Gasteiger partial charge in [0.25, 0.3) is 0 Å². The third-order valence-corrected chi connectivity index (χ3v) is 10.1. The van der Waals surface area contributed by atoms with Crippen molar-refractivity contribution in [2.24, 2.45) is 0 Å². The van der Waals surface area contributed by atoms with E-state index in [1.54, 1.807) is 6.92 Å². The molecular weight excluding hydrogens is 634 g/mol. The Morgan fingerprint density at radius 1 is 1.00 bits per heavy atom. The summed E-state index contributed by atoms with van der Waals surface area (Å²) in [5.41, 5.74) is -3.21. The van der Waals surface area contributed by atoms with Crippen LogP contribution in [0.2, 0.25) is 0 Å². The average Bonchev–Trinajstić information content (AvgIpc) is 3.06. The molecule has 0 bridgehead atoms. The molecule has 49 heavy (non-hydrogen) atoms. The predicted molar refractivity (Wildman–Crippen MR) is 177 cm³/mol. The monoisotopic (exact) mass is 681 g/mol. The molecule has 0 spiro atoms. The number of Topliss-reactive ketones (excluding diaryl/α,β-unsaturated/α-hetero) is 1. The van der Waals surface area contributed by atoms with Crippen LogP contribution in [0.15, 0.2) is 18.2 Å². The van der Waals surface area contributed by atoms with E-state index in [2.05, 4.69) is 12.2 Å². The second-order valence-electron chi connectivity index (χ2n) is 13.5. The fourth-order valence-electron chi connectivity index (χ4n) is 7.29. The van der Waals surface area contributed by atoms with Gasteiger partial charge in [0.1, 0.15) is 29.0 Å². The molecule has 0 radical (unpaired) electrons. The Morgan fingerprint density at radius 3 is 2.35 bits per heavy atom. The molecule has 2 aromatic carbocycles. The first-order valence-electron chi connectivity index (χ1n) is 17.2. The second-order valence-corrected chi connectivity index (χ2v) is 13.5. The maximum atomic E-state index is 13.9. The molecule has 1 heterocycles. The third kappa shape index (κ3) is 7.10. The minimum atomic E-state index is -2.05. The molecule has 12 nitrogen and oxygen atoms in total. The minimum Gasteiger partial charge on any atom is -0.507 e. The number of amides is 1. The molecule has 1 fully saturated rings. The second kappa shape index (κ2) is 15.0. The van der Waals surface area contributed by atoms with Crippen molar-refractivity contribution in [2.75, 3.05) is 7.11 Å². The lowest BCUT2D eigenvalue weighted by Crippen LogP contribution is -2.55. The van der Waals surface area contributed by atoms with Gasteiger partial charge >= 0.3 is 0 Å². The van der Waals surface area contributed by atoms with E-state index in [0.29, 0.717) is 6.42 Å². The molecule has 1 aliphatic heterocycles. The van der Waals surface area contributed by atoms with Crippen molar-refractivity contribution in [3.63, 3.8) is 0 Å². The van der Waals surface area contributed by atoms with Gasteiger partial charge < -0.3 is 40.0 Å². The van der Waals surface area contributed by atoms with Crippen LogP contribution in [-0.2, 0) is 25.5 Å². The zero-order valence-electron chi connectivity index (χ0n) is 28.5. The fraction of sp³-hybridized carbons (Fsp3) is 0.568. The van der Waals surface area contributed by atoms with Gasteiger partial charge in [0, 0.05) is 42.4 Å². The number of carbonyl (C=O) groups excluding carboxylic acids is 4. The van der Waals surface area contributed by atoms with E-state index in [-0.39, 0.29) is 46.8 Å². The number of hydrogen-bond donors (Lipinski definition) is 5. The van der Waals surface area contributed by atoms with Gasteiger partial charge in [-0.25, -0.2) is 0 Å². The molecule has 5 N–H and O–H groups in total. The standard InChI is InChI=1S/C37H47NO11/c1-5-6-7-8-9-10-11-15-26(40)38-23-16-27(48-19(2)32(23)41)49-25-18-37(46,20(3)39)17-22-29(25)36(45)31-30(34(22)43)33(42)21-13-12-14-24(47-4)28(21)35(31)44/h12-14,19,23,25,27,32,41,43,45-46H,5-11,15-18H2,1-4H3,(H,38,40)/t19-,23-,25-,27-,32+,37-/m0/s1. The van der Waals surface area contributed by atoms with Crippen LogP contribution < -0.4 is 10.1 Å². The smallest absolute Gasteiger partial charge is 0.220 e. The van der Waals surface area contributed by atoms with Crippen LogP contribution in [-0.4, -0.2) is 80.9 Å². The first-order valence-corrected chi connectivity index (χ1v) is 17.2. The molecular formula is C37H47NO11. The number of nitrogens with one attached hydrogen (secondary N) is 1. The highest BCUT2D eigenvalue weighted by molar-refractivity contribution is 6.31. The van der Waals surface area contributed by atoms with Gasteiger partial charge in [0.15, 0.2) is 17.9 Å². The normalized spacial score (nSPS) is 26.0. The summed E-state index contributed by atoms with van der Waals surface area (Å²) in [5, 5.41) is 48.5. The lowest BCUT2D eigenvalue weighted by molar-refractivity contribution is -0.249. The van der Waals surface area contributed by atoms with E-state index >= 15 is 0 Å². The molecule has 3 aliphatic rings. The number of aliphatic hydroxyl groups is 2. The largest absolute Gasteiger partial charge is 0.507 e. The first kappa shape index (κ1) is 36.4. The van der Waals surface area contributed by atoms with Crippen molar-refractivity contribution in [3.05, 3.63) is 51.6 Å². The number of hydrogen-bond acceptors (Lipinski definition) is 11. The summed E-state index contributed by atoms with van der Waals surface area (Å²) in [6.07, 6.45) is 2.66. The Balaban J connectivity index is 1.42. The van der Waals surface area contributed by atoms with Crippen molar-refractivity contribution in [1.29, 1.82) is 0 Å². The minimum absolute atomic E-state index is 0.00171. The van der Waals surface area contributed by atoms with Crippen LogP contribution in [0, 0.1) is 0 Å². The summed E-state index contributed by atoms with van der Waals surface area (Å²) in [6, 6.07) is 3.70. The predicted octanol–water partition coefficient (Wildman–Crippen LogP) is 4.33. The Morgan fingerprint density at radius 2 is 1.67 bits per heavy atom. The van der Waals surface area contributed by atoms with Crippen LogP contribution in [0.3, 0.4) is 0 Å². The van der Waals surface area contributed by atoms with Crippen LogP contribution in [0.5, 0.6) is 17.2 Å². The number of aromatic hydroxyl groups is 2. The highest BCUT2D eigenvalue weighted by Crippen LogP contribution is 2.52. The van der Waals surface area contributed by atoms with E-state index < -0.39 is 82.6 Å². The van der Waals surface area contributed by atoms with Gasteiger partial charge in [0.2, 0.25) is 11.7 Å². The van der Waals surface area contributed by atoms with E-state index in [4.69, 9.17) is 14.2 Å². The number of rotatable bonds is 13. The maximum Gasteiger partial charge on any atom is 0.220 e. The summed E-state index contributed by atoms with van der Waals surface area (Å²) >= 11 is 0. The summed E-state index contributed by atoms with van der Waals surface area (Å²) in [5.74, 6) is -3.50. The zero-order valence-corrected chi connectivity index (χ0v) is 28.5. The number of ether oxygens (including phenoxy) is 3. The van der Waals surface area contributed by atoms with Gasteiger partial charge in [-0.05, 0) is 26.3 Å². The Labute approximate surface area is 285 Å². The Kier molecular flexibility index (Phi) is 11.1. The quantitative estimate of drug-likeness (QED) is 0.128. The van der Waals surface area contributed by atoms with E-state index in [1.807, 2.05) is 0 Å². The molecule has 0 unspecified atom stereocenters. The number of aliphatic hydroxyl groups excluding tert-OH is 1. The molecule has 266 valence electrons. The number of phenols is 2. The highest BCUT2D eigenvalue weighted by atomic mass is 16.7. The van der Waals surface area contributed by atoms with Crippen molar-refractivity contribution in [2.45, 2.75) is 128 Å². The van der Waals surface area contributed by atoms with E-state index in [1.165, 1.54) is 51.5 Å². The van der Waals surface area contributed by atoms with Gasteiger partial charge in [-0.1, -0.05) is 57.6 Å². The maximum absolute atomic E-state index is 13.9. The van der Waals surface area contributed by atoms with Gasteiger partial charge in [0.05, 0.1) is 42.0 Å². The average molecular weight is 682 g/mol. The molecule has 5 rings (SSSR count). The molecule has 0 aromatic heterocycles. The third-order valence-electron chi connectivity index (χ3n) is 10.1. The molecule has 1 saturated heterocycles. The summed E-state index contributed by atoms with van der Waals surface area (Å²) < 4.78 is 17.5. The molecule has 1 amide bonds. The number of fused-ring (bicyclic) bond motifs is 3. The van der Waals surface area contributed by atoms with Crippen molar-refractivity contribution in [3.8, 4) is 17.2 Å². The lowest BCUT2D eigenvalue weighted by atomic mass is 9.72. The number of phenolic OH excluding ortho intramolecular Hbond substituents is 2. The highest BCUT2D eigenvalue weighted by Gasteiger charge is 2.49. The van der Waals surface area contributed by atoms with Crippen molar-refractivity contribution < 1.29 is 53.8 Å². The number of unbranched alkanes of at least 4 members (excludes halogenated alkanes) is 6. The summed E-state index contributed by atoms with van der Waals surface area (Å²) in [6.45, 7) is 4.96. The first-order chi connectivity index (χ1) is 23.3. The Bertz CT molecular complexity index is 1620. The molecule has 2 aliphatic carbocycles. The zero-order chi connectivity index (χ0) is 35.6. The Hall–Kier alpha value is -3.84. The van der Waals surface area contributed by atoms with Crippen LogP contribution in [0.1, 0.15) is 134 Å². The summed E-state index contributed by atoms with van der Waals surface area (Å²) in [4.78, 5) is 53.1. The molecule has 0 saturated carbocycles. The number of benzene rings is 2. The van der Waals surface area contributed by atoms with Gasteiger partial charge in [-0.3, -0.25) is 19.2 Å². The lowest BCUT2D eigenvalue weighted by Gasteiger charge is -2.42. The number of ketones is 3.